The zero-order valence-corrected chi connectivity index (χ0v) is 16.7. The van der Waals surface area contributed by atoms with E-state index in [1.807, 2.05) is 0 Å². The van der Waals surface area contributed by atoms with E-state index in [9.17, 15) is 10.1 Å². The van der Waals surface area contributed by atoms with Crippen LogP contribution in [0.25, 0.3) is 27.9 Å². The zero-order valence-electron chi connectivity index (χ0n) is 15.9. The van der Waals surface area contributed by atoms with Crippen molar-refractivity contribution in [3.63, 3.8) is 0 Å². The van der Waals surface area contributed by atoms with Crippen molar-refractivity contribution in [2.75, 3.05) is 20.0 Å². The normalized spacial score (nSPS) is 10.8. The summed E-state index contributed by atoms with van der Waals surface area (Å²) in [5, 5.41) is 25.6. The standard InChI is InChI=1S/C19H14N6O4S/c1-28-15-9-13-14(10-16(15)29-2)21-19(30-8-7-20)24-18(13)22-17(23-24)11-3-5-12(6-4-11)25(26)27/h3-6,9-10H,8H2,1-2H3. The molecular weight excluding hydrogens is 408 g/mol. The van der Waals surface area contributed by atoms with Crippen molar-refractivity contribution < 1.29 is 14.4 Å². The second-order valence-electron chi connectivity index (χ2n) is 6.04. The minimum atomic E-state index is -0.464. The van der Waals surface area contributed by atoms with Crippen LogP contribution in [-0.2, 0) is 0 Å². The van der Waals surface area contributed by atoms with Crippen LogP contribution in [0.5, 0.6) is 11.5 Å². The molecule has 0 N–H and O–H groups in total. The van der Waals surface area contributed by atoms with Gasteiger partial charge in [0.1, 0.15) is 0 Å². The fourth-order valence-electron chi connectivity index (χ4n) is 2.95. The minimum absolute atomic E-state index is 0.0169. The number of thioether (sulfide) groups is 1. The number of hydrogen-bond donors (Lipinski definition) is 0. The topological polar surface area (TPSA) is 128 Å². The Morgan fingerprint density at radius 2 is 1.87 bits per heavy atom. The van der Waals surface area contributed by atoms with Crippen LogP contribution < -0.4 is 9.47 Å². The maximum absolute atomic E-state index is 10.9. The average Bonchev–Trinajstić information content (AvgIpc) is 3.22. The van der Waals surface area contributed by atoms with Gasteiger partial charge in [-0.2, -0.15) is 9.78 Å². The summed E-state index contributed by atoms with van der Waals surface area (Å²) >= 11 is 1.23. The highest BCUT2D eigenvalue weighted by Crippen LogP contribution is 2.35. The third-order valence-electron chi connectivity index (χ3n) is 4.35. The molecule has 2 aromatic carbocycles. The van der Waals surface area contributed by atoms with E-state index in [0.29, 0.717) is 44.6 Å². The predicted octanol–water partition coefficient (Wildman–Crippen LogP) is 3.49. The van der Waals surface area contributed by atoms with E-state index in [4.69, 9.17) is 14.7 Å². The summed E-state index contributed by atoms with van der Waals surface area (Å²) in [5.74, 6) is 1.61. The number of aromatic nitrogens is 4. The Kier molecular flexibility index (Phi) is 5.07. The van der Waals surface area contributed by atoms with Gasteiger partial charge >= 0.3 is 0 Å². The van der Waals surface area contributed by atoms with E-state index >= 15 is 0 Å². The van der Waals surface area contributed by atoms with Gasteiger partial charge < -0.3 is 9.47 Å². The molecule has 2 aromatic heterocycles. The van der Waals surface area contributed by atoms with Gasteiger partial charge in [-0.3, -0.25) is 10.1 Å². The first-order valence-electron chi connectivity index (χ1n) is 8.62. The lowest BCUT2D eigenvalue weighted by Crippen LogP contribution is -2.00. The van der Waals surface area contributed by atoms with Crippen LogP contribution >= 0.6 is 11.8 Å². The maximum Gasteiger partial charge on any atom is 0.269 e. The van der Waals surface area contributed by atoms with Crippen molar-refractivity contribution in [3.8, 4) is 29.0 Å². The number of nitriles is 1. The van der Waals surface area contributed by atoms with Gasteiger partial charge in [-0.15, -0.1) is 5.10 Å². The van der Waals surface area contributed by atoms with Crippen LogP contribution in [0.1, 0.15) is 0 Å². The molecule has 0 amide bonds. The number of methoxy groups -OCH3 is 2. The van der Waals surface area contributed by atoms with E-state index in [1.165, 1.54) is 38.1 Å². The van der Waals surface area contributed by atoms with Crippen molar-refractivity contribution >= 4 is 34.0 Å². The number of ether oxygens (including phenoxy) is 2. The molecule has 0 unspecified atom stereocenters. The molecule has 11 heteroatoms. The predicted molar refractivity (Wildman–Crippen MR) is 110 cm³/mol. The molecule has 0 saturated carbocycles. The second kappa shape index (κ2) is 7.84. The summed E-state index contributed by atoms with van der Waals surface area (Å²) in [6.07, 6.45) is 0. The Morgan fingerprint density at radius 3 is 2.50 bits per heavy atom. The SMILES string of the molecule is COc1cc2nc(SCC#N)n3nc(-c4ccc([N+](=O)[O-])cc4)nc3c2cc1OC. The van der Waals surface area contributed by atoms with Crippen LogP contribution in [0.15, 0.2) is 41.6 Å². The fraction of sp³-hybridized carbons (Fsp3) is 0.158. The van der Waals surface area contributed by atoms with Gasteiger partial charge in [-0.1, -0.05) is 11.8 Å². The van der Waals surface area contributed by atoms with E-state index < -0.39 is 4.92 Å². The van der Waals surface area contributed by atoms with Gasteiger partial charge in [-0.05, 0) is 18.2 Å². The van der Waals surface area contributed by atoms with Crippen molar-refractivity contribution in [1.29, 1.82) is 5.26 Å². The first kappa shape index (κ1) is 19.4. The summed E-state index contributed by atoms with van der Waals surface area (Å²) in [6, 6.07) is 11.6. The second-order valence-corrected chi connectivity index (χ2v) is 6.98. The largest absolute Gasteiger partial charge is 0.493 e. The number of non-ortho nitro benzene ring substituents is 1. The lowest BCUT2D eigenvalue weighted by Gasteiger charge is -2.10. The molecule has 10 nitrogen and oxygen atoms in total. The molecule has 30 heavy (non-hydrogen) atoms. The highest BCUT2D eigenvalue weighted by molar-refractivity contribution is 7.99. The molecule has 0 radical (unpaired) electrons. The number of benzene rings is 2. The van der Waals surface area contributed by atoms with Gasteiger partial charge in [0, 0.05) is 29.1 Å². The monoisotopic (exact) mass is 422 g/mol. The van der Waals surface area contributed by atoms with Crippen molar-refractivity contribution in [3.05, 3.63) is 46.5 Å². The molecule has 2 heterocycles. The molecule has 0 aliphatic carbocycles. The van der Waals surface area contributed by atoms with Crippen molar-refractivity contribution in [2.45, 2.75) is 5.16 Å². The molecule has 0 aliphatic rings. The lowest BCUT2D eigenvalue weighted by molar-refractivity contribution is -0.384. The van der Waals surface area contributed by atoms with Gasteiger partial charge in [0.15, 0.2) is 28.1 Å². The summed E-state index contributed by atoms with van der Waals surface area (Å²) in [5.41, 5.74) is 1.74. The Morgan fingerprint density at radius 1 is 1.17 bits per heavy atom. The van der Waals surface area contributed by atoms with Gasteiger partial charge in [0.05, 0.1) is 36.5 Å². The van der Waals surface area contributed by atoms with E-state index in [-0.39, 0.29) is 11.4 Å². The third-order valence-corrected chi connectivity index (χ3v) is 5.15. The van der Waals surface area contributed by atoms with Crippen LogP contribution in [-0.4, -0.2) is 44.5 Å². The smallest absolute Gasteiger partial charge is 0.269 e. The van der Waals surface area contributed by atoms with E-state index in [1.54, 1.807) is 28.8 Å². The Bertz CT molecular complexity index is 1310. The van der Waals surface area contributed by atoms with E-state index in [0.717, 1.165) is 0 Å². The summed E-state index contributed by atoms with van der Waals surface area (Å²) in [4.78, 5) is 19.7. The number of hydrogen-bond acceptors (Lipinski definition) is 9. The molecule has 0 fully saturated rings. The summed E-state index contributed by atoms with van der Waals surface area (Å²) in [7, 11) is 3.08. The molecular formula is C19H14N6O4S. The Hall–Kier alpha value is -3.91. The number of nitro benzene ring substituents is 1. The fourth-order valence-corrected chi connectivity index (χ4v) is 3.56. The first-order chi connectivity index (χ1) is 14.5. The molecule has 0 atom stereocenters. The minimum Gasteiger partial charge on any atom is -0.493 e. The van der Waals surface area contributed by atoms with Crippen LogP contribution in [0.2, 0.25) is 0 Å². The summed E-state index contributed by atoms with van der Waals surface area (Å²) in [6.45, 7) is 0. The van der Waals surface area contributed by atoms with Crippen LogP contribution in [0.4, 0.5) is 5.69 Å². The lowest BCUT2D eigenvalue weighted by atomic mass is 10.2. The number of nitro groups is 1. The Labute approximate surface area is 174 Å². The molecule has 0 spiro atoms. The van der Waals surface area contributed by atoms with Gasteiger partial charge in [0.2, 0.25) is 0 Å². The molecule has 4 aromatic rings. The molecule has 4 rings (SSSR count). The van der Waals surface area contributed by atoms with Crippen LogP contribution in [0.3, 0.4) is 0 Å². The average molecular weight is 422 g/mol. The van der Waals surface area contributed by atoms with Crippen molar-refractivity contribution in [2.24, 2.45) is 0 Å². The highest BCUT2D eigenvalue weighted by Gasteiger charge is 2.18. The van der Waals surface area contributed by atoms with Crippen LogP contribution in [0, 0.1) is 21.4 Å². The highest BCUT2D eigenvalue weighted by atomic mass is 32.2. The molecule has 0 bridgehead atoms. The third kappa shape index (κ3) is 3.33. The van der Waals surface area contributed by atoms with Gasteiger partial charge in [0.25, 0.3) is 5.69 Å². The number of fused-ring (bicyclic) bond motifs is 3. The first-order valence-corrected chi connectivity index (χ1v) is 9.61. The molecule has 0 saturated heterocycles. The quantitative estimate of drug-likeness (QED) is 0.198. The zero-order chi connectivity index (χ0) is 21.3. The number of nitrogens with zero attached hydrogens (tertiary/aromatic N) is 6. The summed E-state index contributed by atoms with van der Waals surface area (Å²) < 4.78 is 12.3. The maximum atomic E-state index is 10.9. The van der Waals surface area contributed by atoms with E-state index in [2.05, 4.69) is 21.1 Å². The van der Waals surface area contributed by atoms with Crippen molar-refractivity contribution in [1.82, 2.24) is 19.6 Å². The molecule has 150 valence electrons. The number of rotatable bonds is 6. The Balaban J connectivity index is 1.95. The van der Waals surface area contributed by atoms with Gasteiger partial charge in [-0.25, -0.2) is 9.97 Å². The molecule has 0 aliphatic heterocycles.